The predicted molar refractivity (Wildman–Crippen MR) is 81.0 cm³/mol. The number of piperazine rings is 1. The molecule has 1 aliphatic rings. The van der Waals surface area contributed by atoms with E-state index in [1.165, 1.54) is 0 Å². The van der Waals surface area contributed by atoms with Crippen molar-refractivity contribution in [2.24, 2.45) is 0 Å². The van der Waals surface area contributed by atoms with Crippen LogP contribution in [0.1, 0.15) is 27.7 Å². The molecule has 0 radical (unpaired) electrons. The molecule has 1 rings (SSSR count). The van der Waals surface area contributed by atoms with Gasteiger partial charge < -0.3 is 10.4 Å². The Morgan fingerprint density at radius 1 is 1.33 bits per heavy atom. The minimum atomic E-state index is -0.449. The molecule has 1 fully saturated rings. The number of rotatable bonds is 5. The van der Waals surface area contributed by atoms with Gasteiger partial charge in [0.25, 0.3) is 0 Å². The zero-order valence-corrected chi connectivity index (χ0v) is 13.4. The Morgan fingerprint density at radius 3 is 2.52 bits per heavy atom. The van der Waals surface area contributed by atoms with Crippen LogP contribution < -0.4 is 10.6 Å². The van der Waals surface area contributed by atoms with E-state index in [0.29, 0.717) is 13.1 Å². The van der Waals surface area contributed by atoms with Crippen molar-refractivity contribution in [3.05, 3.63) is 0 Å². The number of aliphatic hydroxyl groups is 1. The Bertz CT molecular complexity index is 362. The van der Waals surface area contributed by atoms with Crippen molar-refractivity contribution in [2.75, 3.05) is 32.7 Å². The number of aliphatic hydroxyl groups excluding tert-OH is 1. The molecule has 7 heteroatoms. The highest BCUT2D eigenvalue weighted by molar-refractivity contribution is 5.96. The third kappa shape index (κ3) is 5.61. The molecule has 0 unspecified atom stereocenters. The van der Waals surface area contributed by atoms with E-state index in [-0.39, 0.29) is 24.1 Å². The predicted octanol–water partition coefficient (Wildman–Crippen LogP) is -0.392. The van der Waals surface area contributed by atoms with Crippen molar-refractivity contribution in [1.29, 1.82) is 0 Å². The van der Waals surface area contributed by atoms with Gasteiger partial charge in [0, 0.05) is 38.8 Å². The van der Waals surface area contributed by atoms with Crippen LogP contribution in [0.15, 0.2) is 0 Å². The minimum absolute atomic E-state index is 0.201. The first-order chi connectivity index (χ1) is 9.85. The molecule has 0 aromatic carbocycles. The maximum absolute atomic E-state index is 12.1. The van der Waals surface area contributed by atoms with Gasteiger partial charge in [0.2, 0.25) is 5.91 Å². The van der Waals surface area contributed by atoms with Gasteiger partial charge in [-0.1, -0.05) is 0 Å². The van der Waals surface area contributed by atoms with Crippen LogP contribution >= 0.6 is 0 Å². The number of carbonyl (C=O) groups is 2. The van der Waals surface area contributed by atoms with Crippen LogP contribution in [0.3, 0.4) is 0 Å². The summed E-state index contributed by atoms with van der Waals surface area (Å²) in [5.41, 5.74) is 0. The van der Waals surface area contributed by atoms with E-state index in [0.717, 1.165) is 19.6 Å². The lowest BCUT2D eigenvalue weighted by atomic mass is 10.1. The molecule has 0 aromatic heterocycles. The summed E-state index contributed by atoms with van der Waals surface area (Å²) in [6.45, 7) is 11.0. The Balaban J connectivity index is 2.49. The van der Waals surface area contributed by atoms with E-state index in [2.05, 4.69) is 27.4 Å². The number of β-amino-alcohol motifs (C(OH)–C–C–N with tert-alkyl or cyclic N) is 1. The molecule has 3 atom stereocenters. The highest BCUT2D eigenvalue weighted by atomic mass is 16.3. The third-order valence-electron chi connectivity index (χ3n) is 3.74. The van der Waals surface area contributed by atoms with Gasteiger partial charge in [-0.15, -0.1) is 0 Å². The Hall–Kier alpha value is -1.18. The number of nitrogens with zero attached hydrogens (tertiary/aromatic N) is 2. The van der Waals surface area contributed by atoms with Crippen LogP contribution in [0.4, 0.5) is 4.79 Å². The average molecular weight is 300 g/mol. The molecule has 1 aliphatic heterocycles. The van der Waals surface area contributed by atoms with Gasteiger partial charge in [0.15, 0.2) is 0 Å². The second-order valence-corrected chi connectivity index (χ2v) is 5.72. The van der Waals surface area contributed by atoms with Crippen LogP contribution in [-0.2, 0) is 4.79 Å². The molecule has 122 valence electrons. The SMILES string of the molecule is CCNC(=O)NC(=O)[C@H](C)N1CCN(C[C@H](C)O)C[C@H]1C. The van der Waals surface area contributed by atoms with Crippen LogP contribution in [0, 0.1) is 0 Å². The fourth-order valence-electron chi connectivity index (χ4n) is 2.73. The van der Waals surface area contributed by atoms with Gasteiger partial charge in [-0.25, -0.2) is 4.79 Å². The topological polar surface area (TPSA) is 84.9 Å². The molecular formula is C14H28N4O3. The van der Waals surface area contributed by atoms with Gasteiger partial charge >= 0.3 is 6.03 Å². The largest absolute Gasteiger partial charge is 0.392 e. The number of hydrogen-bond donors (Lipinski definition) is 3. The standard InChI is InChI=1S/C14H28N4O3/c1-5-15-14(21)16-13(20)12(4)18-7-6-17(8-10(18)2)9-11(3)19/h10-12,19H,5-9H2,1-4H3,(H2,15,16,20,21)/t10-,11+,12+/m1/s1. The summed E-state index contributed by atoms with van der Waals surface area (Å²) < 4.78 is 0. The van der Waals surface area contributed by atoms with Crippen molar-refractivity contribution >= 4 is 11.9 Å². The molecule has 0 saturated carbocycles. The molecule has 0 aliphatic carbocycles. The molecule has 21 heavy (non-hydrogen) atoms. The lowest BCUT2D eigenvalue weighted by Crippen LogP contribution is -2.59. The van der Waals surface area contributed by atoms with Crippen LogP contribution in [0.25, 0.3) is 0 Å². The van der Waals surface area contributed by atoms with Crippen molar-refractivity contribution in [2.45, 2.75) is 45.9 Å². The zero-order valence-electron chi connectivity index (χ0n) is 13.4. The number of urea groups is 1. The maximum atomic E-state index is 12.1. The van der Waals surface area contributed by atoms with E-state index in [1.54, 1.807) is 13.8 Å². The summed E-state index contributed by atoms with van der Waals surface area (Å²) >= 11 is 0. The van der Waals surface area contributed by atoms with Crippen molar-refractivity contribution in [1.82, 2.24) is 20.4 Å². The van der Waals surface area contributed by atoms with E-state index in [9.17, 15) is 14.7 Å². The maximum Gasteiger partial charge on any atom is 0.321 e. The van der Waals surface area contributed by atoms with Gasteiger partial charge in [-0.05, 0) is 27.7 Å². The average Bonchev–Trinajstić information content (AvgIpc) is 2.37. The number of nitrogens with one attached hydrogen (secondary N) is 2. The quantitative estimate of drug-likeness (QED) is 0.644. The first kappa shape index (κ1) is 17.9. The molecule has 1 saturated heterocycles. The Kier molecular flexibility index (Phi) is 7.07. The monoisotopic (exact) mass is 300 g/mol. The lowest BCUT2D eigenvalue weighted by molar-refractivity contribution is -0.126. The van der Waals surface area contributed by atoms with E-state index < -0.39 is 6.03 Å². The lowest BCUT2D eigenvalue weighted by Gasteiger charge is -2.42. The van der Waals surface area contributed by atoms with E-state index in [4.69, 9.17) is 0 Å². The summed E-state index contributed by atoms with van der Waals surface area (Å²) in [6, 6.07) is -0.599. The van der Waals surface area contributed by atoms with Crippen LogP contribution in [-0.4, -0.2) is 77.8 Å². The van der Waals surface area contributed by atoms with Crippen molar-refractivity contribution in [3.8, 4) is 0 Å². The molecule has 7 nitrogen and oxygen atoms in total. The van der Waals surface area contributed by atoms with Gasteiger partial charge in [-0.3, -0.25) is 19.9 Å². The normalized spacial score (nSPS) is 23.4. The smallest absolute Gasteiger partial charge is 0.321 e. The minimum Gasteiger partial charge on any atom is -0.392 e. The third-order valence-corrected chi connectivity index (χ3v) is 3.74. The summed E-state index contributed by atoms with van der Waals surface area (Å²) in [5.74, 6) is -0.281. The van der Waals surface area contributed by atoms with Crippen molar-refractivity contribution in [3.63, 3.8) is 0 Å². The summed E-state index contributed by atoms with van der Waals surface area (Å²) in [7, 11) is 0. The molecule has 3 N–H and O–H groups in total. The first-order valence-corrected chi connectivity index (χ1v) is 7.60. The number of amides is 3. The Labute approximate surface area is 126 Å². The van der Waals surface area contributed by atoms with E-state index >= 15 is 0 Å². The molecule has 0 bridgehead atoms. The summed E-state index contributed by atoms with van der Waals surface area (Å²) in [5, 5.41) is 14.3. The second kappa shape index (κ2) is 8.31. The number of imide groups is 1. The second-order valence-electron chi connectivity index (χ2n) is 5.72. The summed E-state index contributed by atoms with van der Waals surface area (Å²) in [4.78, 5) is 27.7. The molecule has 0 aromatic rings. The van der Waals surface area contributed by atoms with Crippen LogP contribution in [0.2, 0.25) is 0 Å². The fourth-order valence-corrected chi connectivity index (χ4v) is 2.73. The van der Waals surface area contributed by atoms with E-state index in [1.807, 2.05) is 6.92 Å². The highest BCUT2D eigenvalue weighted by Gasteiger charge is 2.31. The van der Waals surface area contributed by atoms with Gasteiger partial charge in [0.1, 0.15) is 0 Å². The van der Waals surface area contributed by atoms with Crippen molar-refractivity contribution < 1.29 is 14.7 Å². The molecule has 3 amide bonds. The number of carbonyl (C=O) groups excluding carboxylic acids is 2. The number of hydrogen-bond acceptors (Lipinski definition) is 5. The van der Waals surface area contributed by atoms with Gasteiger partial charge in [0.05, 0.1) is 12.1 Å². The Morgan fingerprint density at radius 2 is 2.00 bits per heavy atom. The van der Waals surface area contributed by atoms with Gasteiger partial charge in [-0.2, -0.15) is 0 Å². The highest BCUT2D eigenvalue weighted by Crippen LogP contribution is 2.13. The molecule has 1 heterocycles. The zero-order chi connectivity index (χ0) is 16.0. The van der Waals surface area contributed by atoms with Crippen LogP contribution in [0.5, 0.6) is 0 Å². The molecule has 0 spiro atoms. The fraction of sp³-hybridized carbons (Fsp3) is 0.857. The summed E-state index contributed by atoms with van der Waals surface area (Å²) in [6.07, 6.45) is -0.345. The molecular weight excluding hydrogens is 272 g/mol. The first-order valence-electron chi connectivity index (χ1n) is 7.60.